The Morgan fingerprint density at radius 3 is 2.21 bits per heavy atom. The summed E-state index contributed by atoms with van der Waals surface area (Å²) in [6.45, 7) is 5.47. The molecule has 0 amide bonds. The van der Waals surface area contributed by atoms with Crippen molar-refractivity contribution in [2.24, 2.45) is 5.92 Å². The minimum Gasteiger partial charge on any atom is -0.457 e. The summed E-state index contributed by atoms with van der Waals surface area (Å²) in [5.74, 6) is 2.42. The molecule has 0 saturated carbocycles. The molecule has 0 heterocycles. The summed E-state index contributed by atoms with van der Waals surface area (Å²) in [6.07, 6.45) is 1.20. The van der Waals surface area contributed by atoms with Crippen molar-refractivity contribution in [2.45, 2.75) is 20.3 Å². The van der Waals surface area contributed by atoms with Gasteiger partial charge in [-0.3, -0.25) is 0 Å². The standard InChI is InChI=1S/C17H21NO/c1-3-14(2)13-18-15-9-11-17(12-10-15)19-16-7-5-4-6-8-16/h4-12,14,18H,3,13H2,1-2H3. The van der Waals surface area contributed by atoms with E-state index >= 15 is 0 Å². The zero-order valence-electron chi connectivity index (χ0n) is 11.6. The highest BCUT2D eigenvalue weighted by atomic mass is 16.5. The minimum atomic E-state index is 0.695. The molecule has 1 unspecified atom stereocenters. The molecular formula is C17H21NO. The fourth-order valence-corrected chi connectivity index (χ4v) is 1.70. The highest BCUT2D eigenvalue weighted by molar-refractivity contribution is 5.47. The minimum absolute atomic E-state index is 0.695. The first-order valence-corrected chi connectivity index (χ1v) is 6.84. The smallest absolute Gasteiger partial charge is 0.127 e. The van der Waals surface area contributed by atoms with E-state index in [2.05, 4.69) is 31.3 Å². The second-order valence-electron chi connectivity index (χ2n) is 4.83. The Labute approximate surface area is 115 Å². The van der Waals surface area contributed by atoms with Crippen LogP contribution in [0.5, 0.6) is 11.5 Å². The van der Waals surface area contributed by atoms with E-state index in [1.807, 2.05) is 42.5 Å². The lowest BCUT2D eigenvalue weighted by atomic mass is 10.1. The number of benzene rings is 2. The molecule has 100 valence electrons. The third-order valence-electron chi connectivity index (χ3n) is 3.18. The van der Waals surface area contributed by atoms with E-state index in [0.29, 0.717) is 5.92 Å². The lowest BCUT2D eigenvalue weighted by Crippen LogP contribution is -2.09. The summed E-state index contributed by atoms with van der Waals surface area (Å²) in [7, 11) is 0. The van der Waals surface area contributed by atoms with Gasteiger partial charge in [-0.25, -0.2) is 0 Å². The van der Waals surface area contributed by atoms with Crippen molar-refractivity contribution in [3.63, 3.8) is 0 Å². The quantitative estimate of drug-likeness (QED) is 0.789. The number of rotatable bonds is 6. The zero-order chi connectivity index (χ0) is 13.5. The van der Waals surface area contributed by atoms with Crippen LogP contribution in [0, 0.1) is 5.92 Å². The fraction of sp³-hybridized carbons (Fsp3) is 0.294. The number of para-hydroxylation sites is 1. The first-order chi connectivity index (χ1) is 9.28. The van der Waals surface area contributed by atoms with Crippen molar-refractivity contribution in [1.82, 2.24) is 0 Å². The lowest BCUT2D eigenvalue weighted by Gasteiger charge is -2.12. The molecule has 19 heavy (non-hydrogen) atoms. The molecule has 2 heteroatoms. The van der Waals surface area contributed by atoms with Gasteiger partial charge in [0.15, 0.2) is 0 Å². The van der Waals surface area contributed by atoms with Crippen molar-refractivity contribution in [2.75, 3.05) is 11.9 Å². The van der Waals surface area contributed by atoms with Gasteiger partial charge in [-0.2, -0.15) is 0 Å². The van der Waals surface area contributed by atoms with E-state index in [4.69, 9.17) is 4.74 Å². The van der Waals surface area contributed by atoms with Crippen molar-refractivity contribution in [3.05, 3.63) is 54.6 Å². The molecule has 0 aliphatic heterocycles. The number of hydrogen-bond donors (Lipinski definition) is 1. The molecule has 0 saturated heterocycles. The predicted molar refractivity (Wildman–Crippen MR) is 80.9 cm³/mol. The summed E-state index contributed by atoms with van der Waals surface area (Å²) in [5.41, 5.74) is 1.14. The van der Waals surface area contributed by atoms with Crippen molar-refractivity contribution in [1.29, 1.82) is 0 Å². The largest absolute Gasteiger partial charge is 0.457 e. The SMILES string of the molecule is CCC(C)CNc1ccc(Oc2ccccc2)cc1. The Morgan fingerprint density at radius 1 is 0.947 bits per heavy atom. The number of hydrogen-bond acceptors (Lipinski definition) is 2. The number of nitrogens with one attached hydrogen (secondary N) is 1. The summed E-state index contributed by atoms with van der Waals surface area (Å²) in [6, 6.07) is 17.9. The van der Waals surface area contributed by atoms with E-state index < -0.39 is 0 Å². The van der Waals surface area contributed by atoms with Crippen molar-refractivity contribution >= 4 is 5.69 Å². The second kappa shape index (κ2) is 6.83. The van der Waals surface area contributed by atoms with Crippen LogP contribution in [-0.4, -0.2) is 6.54 Å². The molecule has 0 aromatic heterocycles. The maximum absolute atomic E-state index is 5.75. The maximum atomic E-state index is 5.75. The first-order valence-electron chi connectivity index (χ1n) is 6.84. The van der Waals surface area contributed by atoms with Gasteiger partial charge in [0.05, 0.1) is 0 Å². The second-order valence-corrected chi connectivity index (χ2v) is 4.83. The Morgan fingerprint density at radius 2 is 1.58 bits per heavy atom. The van der Waals surface area contributed by atoms with E-state index in [1.54, 1.807) is 0 Å². The Hall–Kier alpha value is -1.96. The maximum Gasteiger partial charge on any atom is 0.127 e. The Balaban J connectivity index is 1.91. The third-order valence-corrected chi connectivity index (χ3v) is 3.18. The highest BCUT2D eigenvalue weighted by Crippen LogP contribution is 2.22. The van der Waals surface area contributed by atoms with E-state index in [9.17, 15) is 0 Å². The van der Waals surface area contributed by atoms with E-state index in [0.717, 1.165) is 23.7 Å². The number of ether oxygens (including phenoxy) is 1. The molecule has 0 fully saturated rings. The third kappa shape index (κ3) is 4.32. The van der Waals surface area contributed by atoms with Crippen LogP contribution in [-0.2, 0) is 0 Å². The van der Waals surface area contributed by atoms with Gasteiger partial charge in [0.25, 0.3) is 0 Å². The molecule has 1 N–H and O–H groups in total. The molecule has 0 bridgehead atoms. The van der Waals surface area contributed by atoms with Crippen LogP contribution in [0.2, 0.25) is 0 Å². The van der Waals surface area contributed by atoms with Gasteiger partial charge in [0.1, 0.15) is 11.5 Å². The highest BCUT2D eigenvalue weighted by Gasteiger charge is 2.00. The van der Waals surface area contributed by atoms with Gasteiger partial charge >= 0.3 is 0 Å². The molecule has 0 aliphatic carbocycles. The van der Waals surface area contributed by atoms with Crippen LogP contribution in [0.3, 0.4) is 0 Å². The van der Waals surface area contributed by atoms with Crippen LogP contribution in [0.25, 0.3) is 0 Å². The molecular weight excluding hydrogens is 234 g/mol. The van der Waals surface area contributed by atoms with Crippen LogP contribution >= 0.6 is 0 Å². The van der Waals surface area contributed by atoms with Crippen LogP contribution in [0.4, 0.5) is 5.69 Å². The van der Waals surface area contributed by atoms with E-state index in [-0.39, 0.29) is 0 Å². The molecule has 2 aromatic rings. The van der Waals surface area contributed by atoms with Gasteiger partial charge in [-0.15, -0.1) is 0 Å². The summed E-state index contributed by atoms with van der Waals surface area (Å²) >= 11 is 0. The molecule has 2 nitrogen and oxygen atoms in total. The molecule has 2 aromatic carbocycles. The topological polar surface area (TPSA) is 21.3 Å². The van der Waals surface area contributed by atoms with Crippen LogP contribution < -0.4 is 10.1 Å². The molecule has 0 radical (unpaired) electrons. The summed E-state index contributed by atoms with van der Waals surface area (Å²) in [5, 5.41) is 3.43. The monoisotopic (exact) mass is 255 g/mol. The Kier molecular flexibility index (Phi) is 4.85. The molecule has 1 atom stereocenters. The Bertz CT molecular complexity index is 478. The molecule has 2 rings (SSSR count). The average Bonchev–Trinajstić information content (AvgIpc) is 2.47. The number of anilines is 1. The average molecular weight is 255 g/mol. The molecule has 0 spiro atoms. The van der Waals surface area contributed by atoms with Gasteiger partial charge in [-0.05, 0) is 42.3 Å². The first kappa shape index (κ1) is 13.5. The van der Waals surface area contributed by atoms with Crippen molar-refractivity contribution < 1.29 is 4.74 Å². The van der Waals surface area contributed by atoms with Gasteiger partial charge < -0.3 is 10.1 Å². The molecule has 0 aliphatic rings. The summed E-state index contributed by atoms with van der Waals surface area (Å²) in [4.78, 5) is 0. The lowest BCUT2D eigenvalue weighted by molar-refractivity contribution is 0.483. The van der Waals surface area contributed by atoms with Crippen LogP contribution in [0.15, 0.2) is 54.6 Å². The van der Waals surface area contributed by atoms with Crippen LogP contribution in [0.1, 0.15) is 20.3 Å². The van der Waals surface area contributed by atoms with Gasteiger partial charge in [-0.1, -0.05) is 38.5 Å². The normalized spacial score (nSPS) is 11.9. The fourth-order valence-electron chi connectivity index (χ4n) is 1.70. The van der Waals surface area contributed by atoms with Gasteiger partial charge in [0, 0.05) is 12.2 Å². The van der Waals surface area contributed by atoms with Gasteiger partial charge in [0.2, 0.25) is 0 Å². The van der Waals surface area contributed by atoms with E-state index in [1.165, 1.54) is 6.42 Å². The van der Waals surface area contributed by atoms with Crippen molar-refractivity contribution in [3.8, 4) is 11.5 Å². The predicted octanol–water partition coefficient (Wildman–Crippen LogP) is 4.94. The summed E-state index contributed by atoms with van der Waals surface area (Å²) < 4.78 is 5.75. The zero-order valence-corrected chi connectivity index (χ0v) is 11.6.